The maximum atomic E-state index is 14.1. The molecule has 0 spiro atoms. The molecule has 0 aliphatic carbocycles. The molecule has 3 N–H and O–H groups in total. The van der Waals surface area contributed by atoms with E-state index >= 15 is 0 Å². The number of nitrogens with two attached hydrogens (primary N) is 1. The van der Waals surface area contributed by atoms with Crippen LogP contribution >= 0.6 is 46.6 Å². The first-order valence-corrected chi connectivity index (χ1v) is 14.8. The maximum Gasteiger partial charge on any atom is 0.362 e. The molecular weight excluding hydrogens is 649 g/mol. The van der Waals surface area contributed by atoms with Gasteiger partial charge in [-0.2, -0.15) is 8.78 Å². The number of nitrogens with zero attached hydrogens (tertiary/aromatic N) is 2. The van der Waals surface area contributed by atoms with E-state index < -0.39 is 28.1 Å². The molecule has 0 saturated heterocycles. The van der Waals surface area contributed by atoms with Gasteiger partial charge in [0.05, 0.1) is 22.8 Å². The summed E-state index contributed by atoms with van der Waals surface area (Å²) in [5.74, 6) is -0.302. The van der Waals surface area contributed by atoms with Crippen LogP contribution in [0.25, 0.3) is 0 Å². The van der Waals surface area contributed by atoms with Crippen molar-refractivity contribution in [2.75, 3.05) is 32.3 Å². The normalized spacial score (nSPS) is 12.8. The first kappa shape index (κ1) is 33.0. The lowest BCUT2D eigenvalue weighted by molar-refractivity contribution is -0.107. The second-order valence-corrected chi connectivity index (χ2v) is 11.8. The Morgan fingerprint density at radius 1 is 1.21 bits per heavy atom. The molecule has 1 aliphatic heterocycles. The van der Waals surface area contributed by atoms with E-state index in [0.717, 1.165) is 29.0 Å². The van der Waals surface area contributed by atoms with Crippen molar-refractivity contribution in [1.29, 1.82) is 0 Å². The van der Waals surface area contributed by atoms with Crippen molar-refractivity contribution in [2.45, 2.75) is 41.2 Å². The van der Waals surface area contributed by atoms with Gasteiger partial charge in [0.15, 0.2) is 0 Å². The lowest BCUT2D eigenvalue weighted by Crippen LogP contribution is -2.32. The van der Waals surface area contributed by atoms with Gasteiger partial charge in [0.25, 0.3) is 11.5 Å². The van der Waals surface area contributed by atoms with E-state index in [1.54, 1.807) is 25.3 Å². The Kier molecular flexibility index (Phi) is 10.6. The summed E-state index contributed by atoms with van der Waals surface area (Å²) in [6.07, 6.45) is 1.27. The van der Waals surface area contributed by atoms with Gasteiger partial charge in [-0.1, -0.05) is 41.0 Å². The minimum atomic E-state index is -3.92. The fourth-order valence-electron chi connectivity index (χ4n) is 4.62. The number of aromatic amines is 1. The minimum absolute atomic E-state index is 0.0706. The summed E-state index contributed by atoms with van der Waals surface area (Å²) in [4.78, 5) is 44.0. The van der Waals surface area contributed by atoms with Crippen LogP contribution in [-0.2, 0) is 34.5 Å². The predicted molar refractivity (Wildman–Crippen MR) is 162 cm³/mol. The number of hydrogen-bond donors (Lipinski definition) is 2. The van der Waals surface area contributed by atoms with Gasteiger partial charge in [0, 0.05) is 49.7 Å². The van der Waals surface area contributed by atoms with E-state index in [1.807, 2.05) is 4.98 Å². The van der Waals surface area contributed by atoms with E-state index in [9.17, 15) is 23.2 Å². The molecule has 43 heavy (non-hydrogen) atoms. The van der Waals surface area contributed by atoms with Crippen molar-refractivity contribution in [3.05, 3.63) is 78.7 Å². The van der Waals surface area contributed by atoms with Crippen molar-refractivity contribution in [1.82, 2.24) is 9.88 Å². The van der Waals surface area contributed by atoms with E-state index in [-0.39, 0.29) is 39.5 Å². The number of aromatic nitrogens is 1. The van der Waals surface area contributed by atoms with Gasteiger partial charge in [-0.05, 0) is 59.0 Å². The maximum absolute atomic E-state index is 14.1. The monoisotopic (exact) mass is 674 g/mol. The number of benzene rings is 2. The summed E-state index contributed by atoms with van der Waals surface area (Å²) in [5.41, 5.74) is 5.88. The number of amides is 2. The quantitative estimate of drug-likeness (QED) is 0.143. The second-order valence-electron chi connectivity index (χ2n) is 9.50. The fourth-order valence-corrected chi connectivity index (χ4v) is 6.47. The lowest BCUT2D eigenvalue weighted by atomic mass is 10.1. The minimum Gasteiger partial charge on any atom is -0.495 e. The SMILES string of the molecule is COCCCN(C=O)c1cc2c(cc1OC)CN(C(=O)c1c(Sc3c(Cl)ccc(CN)c3Cl)cc(C(F)(F)Cl)[nH]c1=O)C2. The highest BCUT2D eigenvalue weighted by atomic mass is 35.5. The number of hydrogen-bond acceptors (Lipinski definition) is 7. The number of anilines is 1. The summed E-state index contributed by atoms with van der Waals surface area (Å²) in [5, 5.41) is -3.59. The zero-order valence-corrected chi connectivity index (χ0v) is 26.1. The highest BCUT2D eigenvalue weighted by Gasteiger charge is 2.35. The van der Waals surface area contributed by atoms with E-state index in [1.165, 1.54) is 23.0 Å². The Morgan fingerprint density at radius 2 is 1.91 bits per heavy atom. The fraction of sp³-hybridized carbons (Fsp3) is 0.321. The van der Waals surface area contributed by atoms with E-state index in [0.29, 0.717) is 43.0 Å². The summed E-state index contributed by atoms with van der Waals surface area (Å²) in [6, 6.07) is 7.55. The number of carbonyl (C=O) groups is 2. The van der Waals surface area contributed by atoms with Gasteiger partial charge in [-0.3, -0.25) is 14.4 Å². The molecule has 2 aromatic carbocycles. The summed E-state index contributed by atoms with van der Waals surface area (Å²) in [7, 11) is 3.03. The third-order valence-corrected chi connectivity index (χ3v) is 9.12. The number of pyridine rings is 1. The Labute approximate surface area is 265 Å². The molecule has 1 aromatic heterocycles. The third kappa shape index (κ3) is 7.11. The Bertz CT molecular complexity index is 1600. The van der Waals surface area contributed by atoms with Gasteiger partial charge in [-0.25, -0.2) is 0 Å². The van der Waals surface area contributed by atoms with Crippen LogP contribution in [0.3, 0.4) is 0 Å². The zero-order valence-electron chi connectivity index (χ0n) is 23.0. The number of carbonyl (C=O) groups excluding carboxylic acids is 2. The molecule has 2 heterocycles. The van der Waals surface area contributed by atoms with Crippen LogP contribution in [0.5, 0.6) is 5.75 Å². The molecule has 2 amide bonds. The molecule has 0 saturated carbocycles. The van der Waals surface area contributed by atoms with Crippen molar-refractivity contribution in [3.63, 3.8) is 0 Å². The molecule has 0 radical (unpaired) electrons. The molecule has 230 valence electrons. The highest BCUT2D eigenvalue weighted by molar-refractivity contribution is 7.99. The van der Waals surface area contributed by atoms with Gasteiger partial charge < -0.3 is 30.0 Å². The molecule has 0 fully saturated rings. The molecule has 4 rings (SSSR count). The van der Waals surface area contributed by atoms with Crippen LogP contribution < -0.4 is 20.9 Å². The zero-order chi connectivity index (χ0) is 31.5. The molecule has 15 heteroatoms. The molecule has 3 aromatic rings. The van der Waals surface area contributed by atoms with E-state index in [4.69, 9.17) is 50.0 Å². The Hall–Kier alpha value is -2.87. The molecule has 1 aliphatic rings. The predicted octanol–water partition coefficient (Wildman–Crippen LogP) is 5.74. The summed E-state index contributed by atoms with van der Waals surface area (Å²) < 4.78 is 38.8. The number of H-pyrrole nitrogens is 1. The van der Waals surface area contributed by atoms with Gasteiger partial charge in [-0.15, -0.1) is 0 Å². The van der Waals surface area contributed by atoms with Crippen molar-refractivity contribution < 1.29 is 27.8 Å². The van der Waals surface area contributed by atoms with Gasteiger partial charge >= 0.3 is 5.38 Å². The van der Waals surface area contributed by atoms with Crippen molar-refractivity contribution in [3.8, 4) is 5.75 Å². The molecule has 0 unspecified atom stereocenters. The van der Waals surface area contributed by atoms with Gasteiger partial charge in [0.2, 0.25) is 6.41 Å². The van der Waals surface area contributed by atoms with Crippen molar-refractivity contribution >= 4 is 64.6 Å². The lowest BCUT2D eigenvalue weighted by Gasteiger charge is -2.21. The standard InChI is InChI=1S/C28H27Cl3F2N4O5S/c1-41-7-3-6-36(14-38)19-8-16-12-37(13-17(16)9-20(19)42-2)27(40)23-21(10-22(28(31,32)33)35-26(23)39)43-25-18(29)5-4-15(11-34)24(25)30/h4-5,8-10,14H,3,6-7,11-13,34H2,1-2H3,(H,35,39). The Morgan fingerprint density at radius 3 is 2.51 bits per heavy atom. The van der Waals surface area contributed by atoms with Crippen molar-refractivity contribution in [2.24, 2.45) is 5.73 Å². The van der Waals surface area contributed by atoms with Crippen LogP contribution in [0.1, 0.15) is 39.2 Å². The number of fused-ring (bicyclic) bond motifs is 1. The van der Waals surface area contributed by atoms with Crippen LogP contribution in [0.15, 0.2) is 44.9 Å². The average molecular weight is 676 g/mol. The number of ether oxygens (including phenoxy) is 2. The first-order valence-electron chi connectivity index (χ1n) is 12.8. The molecule has 0 bridgehead atoms. The number of nitrogens with one attached hydrogen (secondary N) is 1. The largest absolute Gasteiger partial charge is 0.495 e. The van der Waals surface area contributed by atoms with E-state index in [2.05, 4.69) is 0 Å². The smallest absolute Gasteiger partial charge is 0.362 e. The molecule has 9 nitrogen and oxygen atoms in total. The topological polar surface area (TPSA) is 118 Å². The van der Waals surface area contributed by atoms with Gasteiger partial charge in [0.1, 0.15) is 17.0 Å². The molecule has 0 atom stereocenters. The Balaban J connectivity index is 1.73. The average Bonchev–Trinajstić information content (AvgIpc) is 3.39. The molecular formula is C28H27Cl3F2N4O5S. The number of methoxy groups -OCH3 is 2. The second kappa shape index (κ2) is 13.8. The highest BCUT2D eigenvalue weighted by Crippen LogP contribution is 2.43. The number of alkyl halides is 3. The van der Waals surface area contributed by atoms with Crippen LogP contribution in [-0.4, -0.2) is 49.6 Å². The number of halogens is 5. The number of rotatable bonds is 12. The third-order valence-electron chi connectivity index (χ3n) is 6.77. The summed E-state index contributed by atoms with van der Waals surface area (Å²) in [6.45, 7) is 1.07. The van der Waals surface area contributed by atoms with Crippen LogP contribution in [0, 0.1) is 0 Å². The van der Waals surface area contributed by atoms with Crippen LogP contribution in [0.2, 0.25) is 10.0 Å². The summed E-state index contributed by atoms with van der Waals surface area (Å²) >= 11 is 18.9. The van der Waals surface area contributed by atoms with Crippen LogP contribution in [0.4, 0.5) is 14.5 Å². The first-order chi connectivity index (χ1) is 20.4.